The molecule has 0 fully saturated rings. The van der Waals surface area contributed by atoms with Crippen molar-refractivity contribution in [2.45, 2.75) is 45.8 Å². The minimum absolute atomic E-state index is 0.302. The van der Waals surface area contributed by atoms with E-state index in [2.05, 4.69) is 0 Å². The van der Waals surface area contributed by atoms with Gasteiger partial charge in [-0.15, -0.1) is 0 Å². The fraction of sp³-hybridized carbons (Fsp3) is 0.818. The Bertz CT molecular complexity index is 202. The minimum atomic E-state index is -1.20. The predicted molar refractivity (Wildman–Crippen MR) is 58.4 cm³/mol. The zero-order valence-corrected chi connectivity index (χ0v) is 10.1. The molecule has 0 rings (SSSR count). The van der Waals surface area contributed by atoms with E-state index < -0.39 is 18.2 Å². The van der Waals surface area contributed by atoms with Crippen LogP contribution in [0.2, 0.25) is 0 Å². The SMILES string of the molecule is CCCOC(C(C)=O)C(OCCC)C(=O)O. The van der Waals surface area contributed by atoms with Gasteiger partial charge in [0, 0.05) is 13.2 Å². The summed E-state index contributed by atoms with van der Waals surface area (Å²) < 4.78 is 10.3. The molecule has 0 spiro atoms. The zero-order chi connectivity index (χ0) is 12.6. The number of hydrogen-bond acceptors (Lipinski definition) is 4. The zero-order valence-electron chi connectivity index (χ0n) is 10.1. The van der Waals surface area contributed by atoms with Crippen LogP contribution in [-0.2, 0) is 19.1 Å². The van der Waals surface area contributed by atoms with Crippen molar-refractivity contribution in [3.63, 3.8) is 0 Å². The summed E-state index contributed by atoms with van der Waals surface area (Å²) in [5.74, 6) is -1.48. The minimum Gasteiger partial charge on any atom is -0.479 e. The average molecular weight is 232 g/mol. The monoisotopic (exact) mass is 232 g/mol. The predicted octanol–water partition coefficient (Wildman–Crippen LogP) is 1.25. The molecule has 0 aliphatic rings. The van der Waals surface area contributed by atoms with Crippen molar-refractivity contribution in [1.29, 1.82) is 0 Å². The lowest BCUT2D eigenvalue weighted by molar-refractivity contribution is -0.167. The highest BCUT2D eigenvalue weighted by molar-refractivity contribution is 5.87. The summed E-state index contributed by atoms with van der Waals surface area (Å²) in [6.45, 7) is 5.72. The molecule has 2 unspecified atom stereocenters. The van der Waals surface area contributed by atoms with Gasteiger partial charge in [0.1, 0.15) is 0 Å². The van der Waals surface area contributed by atoms with Crippen LogP contribution in [0.1, 0.15) is 33.6 Å². The first-order valence-corrected chi connectivity index (χ1v) is 5.51. The highest BCUT2D eigenvalue weighted by Crippen LogP contribution is 2.08. The molecule has 2 atom stereocenters. The van der Waals surface area contributed by atoms with Gasteiger partial charge in [0.05, 0.1) is 0 Å². The molecule has 0 aromatic heterocycles. The molecule has 0 aromatic carbocycles. The number of ketones is 1. The molecule has 0 aliphatic heterocycles. The molecule has 5 nitrogen and oxygen atoms in total. The molecule has 0 bridgehead atoms. The van der Waals surface area contributed by atoms with Crippen molar-refractivity contribution >= 4 is 11.8 Å². The van der Waals surface area contributed by atoms with Gasteiger partial charge in [-0.3, -0.25) is 4.79 Å². The summed E-state index contributed by atoms with van der Waals surface area (Å²) in [4.78, 5) is 22.2. The smallest absolute Gasteiger partial charge is 0.336 e. The van der Waals surface area contributed by atoms with Gasteiger partial charge in [0.15, 0.2) is 18.0 Å². The van der Waals surface area contributed by atoms with Crippen LogP contribution < -0.4 is 0 Å². The summed E-state index contributed by atoms with van der Waals surface area (Å²) in [5, 5.41) is 8.96. The van der Waals surface area contributed by atoms with Gasteiger partial charge in [-0.1, -0.05) is 13.8 Å². The van der Waals surface area contributed by atoms with E-state index in [0.29, 0.717) is 19.6 Å². The number of carboxylic acid groups (broad SMARTS) is 1. The lowest BCUT2D eigenvalue weighted by Gasteiger charge is -2.22. The van der Waals surface area contributed by atoms with Gasteiger partial charge in [0.2, 0.25) is 0 Å². The molecule has 16 heavy (non-hydrogen) atoms. The van der Waals surface area contributed by atoms with Gasteiger partial charge in [-0.05, 0) is 19.8 Å². The Morgan fingerprint density at radius 2 is 1.50 bits per heavy atom. The lowest BCUT2D eigenvalue weighted by Crippen LogP contribution is -2.43. The number of carbonyl (C=O) groups is 2. The summed E-state index contributed by atoms with van der Waals surface area (Å²) >= 11 is 0. The third-order valence-corrected chi connectivity index (χ3v) is 1.92. The molecule has 1 N–H and O–H groups in total. The summed E-state index contributed by atoms with van der Waals surface area (Å²) in [6.07, 6.45) is -0.792. The third-order valence-electron chi connectivity index (χ3n) is 1.92. The maximum absolute atomic E-state index is 11.3. The van der Waals surface area contributed by atoms with E-state index in [1.807, 2.05) is 13.8 Å². The van der Waals surface area contributed by atoms with Crippen molar-refractivity contribution in [2.24, 2.45) is 0 Å². The highest BCUT2D eigenvalue weighted by Gasteiger charge is 2.33. The molecular weight excluding hydrogens is 212 g/mol. The van der Waals surface area contributed by atoms with E-state index in [1.54, 1.807) is 0 Å². The van der Waals surface area contributed by atoms with Crippen molar-refractivity contribution in [1.82, 2.24) is 0 Å². The van der Waals surface area contributed by atoms with E-state index in [0.717, 1.165) is 6.42 Å². The number of carbonyl (C=O) groups excluding carboxylic acids is 1. The quantitative estimate of drug-likeness (QED) is 0.647. The molecule has 0 aromatic rings. The van der Waals surface area contributed by atoms with Crippen LogP contribution in [0, 0.1) is 0 Å². The van der Waals surface area contributed by atoms with Crippen LogP contribution >= 0.6 is 0 Å². The van der Waals surface area contributed by atoms with Crippen LogP contribution in [0.5, 0.6) is 0 Å². The van der Waals surface area contributed by atoms with E-state index in [4.69, 9.17) is 14.6 Å². The Morgan fingerprint density at radius 3 is 1.81 bits per heavy atom. The van der Waals surface area contributed by atoms with Crippen LogP contribution in [0.3, 0.4) is 0 Å². The Kier molecular flexibility index (Phi) is 7.76. The van der Waals surface area contributed by atoms with Gasteiger partial charge >= 0.3 is 5.97 Å². The molecule has 0 saturated heterocycles. The molecule has 94 valence electrons. The largest absolute Gasteiger partial charge is 0.479 e. The number of Topliss-reactive ketones (excluding diaryl/α,β-unsaturated/α-hetero) is 1. The molecular formula is C11H20O5. The van der Waals surface area contributed by atoms with Crippen molar-refractivity contribution in [2.75, 3.05) is 13.2 Å². The Labute approximate surface area is 95.7 Å². The van der Waals surface area contributed by atoms with Crippen molar-refractivity contribution in [3.05, 3.63) is 0 Å². The average Bonchev–Trinajstić information content (AvgIpc) is 2.21. The van der Waals surface area contributed by atoms with Gasteiger partial charge < -0.3 is 14.6 Å². The van der Waals surface area contributed by atoms with Crippen LogP contribution in [0.25, 0.3) is 0 Å². The Morgan fingerprint density at radius 1 is 1.06 bits per heavy atom. The fourth-order valence-electron chi connectivity index (χ4n) is 1.20. The van der Waals surface area contributed by atoms with E-state index in [-0.39, 0.29) is 5.78 Å². The number of hydrogen-bond donors (Lipinski definition) is 1. The number of carboxylic acids is 1. The number of ether oxygens (including phenoxy) is 2. The summed E-state index contributed by atoms with van der Waals surface area (Å²) in [6, 6.07) is 0. The first-order chi connectivity index (χ1) is 7.54. The molecule has 5 heteroatoms. The molecule has 0 radical (unpaired) electrons. The lowest BCUT2D eigenvalue weighted by atomic mass is 10.1. The number of aliphatic carboxylic acids is 1. The second-order valence-corrected chi connectivity index (χ2v) is 3.53. The van der Waals surface area contributed by atoms with Gasteiger partial charge in [-0.2, -0.15) is 0 Å². The third kappa shape index (κ3) is 5.23. The van der Waals surface area contributed by atoms with E-state index in [1.165, 1.54) is 6.92 Å². The van der Waals surface area contributed by atoms with E-state index >= 15 is 0 Å². The van der Waals surface area contributed by atoms with E-state index in [9.17, 15) is 9.59 Å². The Balaban J connectivity index is 4.52. The summed E-state index contributed by atoms with van der Waals surface area (Å²) in [7, 11) is 0. The molecule has 0 aliphatic carbocycles. The van der Waals surface area contributed by atoms with Crippen molar-refractivity contribution < 1.29 is 24.2 Å². The van der Waals surface area contributed by atoms with Crippen LogP contribution in [0.4, 0.5) is 0 Å². The molecule has 0 saturated carbocycles. The molecule has 0 heterocycles. The first kappa shape index (κ1) is 15.1. The maximum atomic E-state index is 11.3. The normalized spacial score (nSPS) is 14.4. The number of rotatable bonds is 9. The second-order valence-electron chi connectivity index (χ2n) is 3.53. The highest BCUT2D eigenvalue weighted by atomic mass is 16.6. The fourth-order valence-corrected chi connectivity index (χ4v) is 1.20. The van der Waals surface area contributed by atoms with Gasteiger partial charge in [0.25, 0.3) is 0 Å². The maximum Gasteiger partial charge on any atom is 0.336 e. The molecule has 0 amide bonds. The Hall–Kier alpha value is -0.940. The van der Waals surface area contributed by atoms with Gasteiger partial charge in [-0.25, -0.2) is 4.79 Å². The van der Waals surface area contributed by atoms with Crippen LogP contribution in [-0.4, -0.2) is 42.3 Å². The summed E-state index contributed by atoms with van der Waals surface area (Å²) in [5.41, 5.74) is 0. The second kappa shape index (κ2) is 8.24. The van der Waals surface area contributed by atoms with Crippen LogP contribution in [0.15, 0.2) is 0 Å². The first-order valence-electron chi connectivity index (χ1n) is 5.51. The van der Waals surface area contributed by atoms with Crippen molar-refractivity contribution in [3.8, 4) is 0 Å². The topological polar surface area (TPSA) is 72.8 Å². The standard InChI is InChI=1S/C11H20O5/c1-4-6-15-9(8(3)12)10(11(13)14)16-7-5-2/h9-10H,4-7H2,1-3H3,(H,13,14).